The first-order valence-electron chi connectivity index (χ1n) is 3.40. The van der Waals surface area contributed by atoms with Crippen molar-refractivity contribution in [1.82, 2.24) is 0 Å². The number of carbonyl (C=O) groups is 1. The third-order valence-corrected chi connectivity index (χ3v) is 1.71. The first-order chi connectivity index (χ1) is 6.13. The summed E-state index contributed by atoms with van der Waals surface area (Å²) >= 11 is 3.10. The van der Waals surface area contributed by atoms with Crippen LogP contribution in [0.2, 0.25) is 0 Å². The van der Waals surface area contributed by atoms with Crippen molar-refractivity contribution in [2.45, 2.75) is 0 Å². The van der Waals surface area contributed by atoms with E-state index >= 15 is 0 Å². The molecule has 0 fully saturated rings. The van der Waals surface area contributed by atoms with Crippen LogP contribution in [0.3, 0.4) is 0 Å². The van der Waals surface area contributed by atoms with Crippen molar-refractivity contribution in [2.24, 2.45) is 0 Å². The third kappa shape index (κ3) is 4.16. The number of furan rings is 1. The van der Waals surface area contributed by atoms with E-state index in [1.54, 1.807) is 12.1 Å². The average Bonchev–Trinajstić information content (AvgIpc) is 2.49. The molecule has 1 aromatic heterocycles. The summed E-state index contributed by atoms with van der Waals surface area (Å²) in [5, 5.41) is 0. The fourth-order valence-corrected chi connectivity index (χ4v) is 1.04. The summed E-state index contributed by atoms with van der Waals surface area (Å²) in [6, 6.07) is 3.32. The molecule has 1 aromatic rings. The third-order valence-electron chi connectivity index (χ3n) is 1.29. The summed E-state index contributed by atoms with van der Waals surface area (Å²) in [5.41, 5.74) is 6.99. The second kappa shape index (κ2) is 6.65. The van der Waals surface area contributed by atoms with Crippen LogP contribution in [-0.4, -0.2) is 13.1 Å². The Balaban J connectivity index is 0.00000169. The Morgan fingerprint density at radius 1 is 1.64 bits per heavy atom. The van der Waals surface area contributed by atoms with Gasteiger partial charge in [0.15, 0.2) is 4.67 Å². The molecule has 14 heavy (non-hydrogen) atoms. The van der Waals surface area contributed by atoms with E-state index in [-0.39, 0.29) is 49.8 Å². The van der Waals surface area contributed by atoms with Gasteiger partial charge in [-0.15, -0.1) is 0 Å². The number of nitrogens with one attached hydrogen (secondary N) is 1. The molecule has 0 spiro atoms. The maximum Gasteiger partial charge on any atom is 0.315 e. The molecule has 0 unspecified atom stereocenters. The molecule has 0 bridgehead atoms. The maximum absolute atomic E-state index is 10.8. The van der Waals surface area contributed by atoms with E-state index in [9.17, 15) is 4.79 Å². The summed E-state index contributed by atoms with van der Waals surface area (Å²) in [4.78, 5) is 10.8. The van der Waals surface area contributed by atoms with Crippen molar-refractivity contribution in [3.05, 3.63) is 34.0 Å². The minimum Gasteiger partial charge on any atom is -0.693 e. The van der Waals surface area contributed by atoms with Crippen LogP contribution in [0.1, 0.15) is 5.76 Å². The van der Waals surface area contributed by atoms with Crippen molar-refractivity contribution >= 4 is 28.0 Å². The van der Waals surface area contributed by atoms with Gasteiger partial charge in [-0.3, -0.25) is 0 Å². The summed E-state index contributed by atoms with van der Waals surface area (Å²) in [6.45, 7) is 0. The van der Waals surface area contributed by atoms with Gasteiger partial charge in [-0.2, -0.15) is 0 Å². The molecule has 0 aliphatic heterocycles. The first kappa shape index (κ1) is 14.2. The molecule has 1 radical (unpaired) electrons. The molecule has 1 rings (SSSR count). The second-order valence-electron chi connectivity index (χ2n) is 2.19. The molecule has 0 amide bonds. The second-order valence-corrected chi connectivity index (χ2v) is 2.97. The van der Waals surface area contributed by atoms with Crippen molar-refractivity contribution in [2.75, 3.05) is 7.11 Å². The zero-order valence-electron chi connectivity index (χ0n) is 7.41. The standard InChI is InChI=1S/C8H7BrNO3.Ac/c1-12-8(11)6(10)4-5-2-3-7(9)13-5;/h2-4,10H,1H3;/q-1;/b6-4-;. The molecule has 4 nitrogen and oxygen atoms in total. The number of methoxy groups -OCH3 is 1. The number of halogens is 1. The van der Waals surface area contributed by atoms with E-state index in [0.717, 1.165) is 0 Å². The minimum atomic E-state index is -0.687. The van der Waals surface area contributed by atoms with Gasteiger partial charge >= 0.3 is 5.97 Å². The fraction of sp³-hybridized carbons (Fsp3) is 0.125. The van der Waals surface area contributed by atoms with Crippen LogP contribution >= 0.6 is 15.9 Å². The van der Waals surface area contributed by atoms with Crippen molar-refractivity contribution in [1.29, 1.82) is 0 Å². The zero-order chi connectivity index (χ0) is 9.84. The first-order valence-corrected chi connectivity index (χ1v) is 4.19. The fourth-order valence-electron chi connectivity index (χ4n) is 0.717. The quantitative estimate of drug-likeness (QED) is 0.492. The Morgan fingerprint density at radius 2 is 2.29 bits per heavy atom. The molecule has 0 atom stereocenters. The molecule has 1 N–H and O–H groups in total. The molecular weight excluding hydrogens is 465 g/mol. The summed E-state index contributed by atoms with van der Waals surface area (Å²) < 4.78 is 9.96. The zero-order valence-corrected chi connectivity index (χ0v) is 13.7. The Labute approximate surface area is 126 Å². The number of rotatable bonds is 2. The van der Waals surface area contributed by atoms with Crippen LogP contribution < -0.4 is 0 Å². The van der Waals surface area contributed by atoms with Crippen LogP contribution in [0.25, 0.3) is 11.8 Å². The summed E-state index contributed by atoms with van der Waals surface area (Å²) in [6.07, 6.45) is 1.29. The van der Waals surface area contributed by atoms with Gasteiger partial charge in [-0.1, -0.05) is 5.70 Å². The van der Waals surface area contributed by atoms with Gasteiger partial charge in [0, 0.05) is 44.1 Å². The molecule has 73 valence electrons. The molecular formula is C8H7AcBrNO3-. The minimum absolute atomic E-state index is 0. The smallest absolute Gasteiger partial charge is 0.315 e. The molecule has 1 heterocycles. The van der Waals surface area contributed by atoms with E-state index in [4.69, 9.17) is 10.2 Å². The number of ether oxygens (including phenoxy) is 1. The van der Waals surface area contributed by atoms with E-state index in [1.807, 2.05) is 0 Å². The van der Waals surface area contributed by atoms with Gasteiger partial charge in [0.2, 0.25) is 0 Å². The Hall–Kier alpha value is 0.212. The SMILES string of the molecule is COC(=O)/C([NH-])=C/c1ccc(Br)o1.[Ac]. The van der Waals surface area contributed by atoms with Crippen LogP contribution in [0.5, 0.6) is 0 Å². The molecule has 0 aliphatic carbocycles. The van der Waals surface area contributed by atoms with Gasteiger partial charge in [-0.25, -0.2) is 4.79 Å². The molecule has 6 heteroatoms. The van der Waals surface area contributed by atoms with E-state index in [2.05, 4.69) is 20.7 Å². The molecule has 0 aliphatic rings. The van der Waals surface area contributed by atoms with Gasteiger partial charge in [0.05, 0.1) is 7.11 Å². The van der Waals surface area contributed by atoms with Crippen molar-refractivity contribution in [3.8, 4) is 0 Å². The monoisotopic (exact) mass is 471 g/mol. The number of esters is 1. The Kier molecular flexibility index (Phi) is 6.75. The van der Waals surface area contributed by atoms with Crippen molar-refractivity contribution in [3.63, 3.8) is 0 Å². The van der Waals surface area contributed by atoms with E-state index in [1.165, 1.54) is 13.2 Å². The number of hydrogen-bond donors (Lipinski definition) is 0. The van der Waals surface area contributed by atoms with E-state index in [0.29, 0.717) is 10.4 Å². The topological polar surface area (TPSA) is 63.2 Å². The van der Waals surface area contributed by atoms with Crippen LogP contribution in [-0.2, 0) is 9.53 Å². The van der Waals surface area contributed by atoms with Gasteiger partial charge in [0.25, 0.3) is 0 Å². The van der Waals surface area contributed by atoms with Crippen LogP contribution in [0, 0.1) is 44.1 Å². The predicted octanol–water partition coefficient (Wildman–Crippen LogP) is 2.61. The van der Waals surface area contributed by atoms with Gasteiger partial charge in [0.1, 0.15) is 5.76 Å². The van der Waals surface area contributed by atoms with E-state index < -0.39 is 5.97 Å². The average molecular weight is 472 g/mol. The van der Waals surface area contributed by atoms with Crippen LogP contribution in [0.4, 0.5) is 0 Å². The number of carbonyl (C=O) groups excluding carboxylic acids is 1. The Morgan fingerprint density at radius 3 is 2.71 bits per heavy atom. The maximum atomic E-state index is 10.8. The molecule has 0 aromatic carbocycles. The van der Waals surface area contributed by atoms with Crippen molar-refractivity contribution < 1.29 is 58.0 Å². The largest absolute Gasteiger partial charge is 0.693 e. The number of hydrogen-bond acceptors (Lipinski definition) is 3. The normalized spacial score (nSPS) is 10.6. The summed E-state index contributed by atoms with van der Waals surface area (Å²) in [5.74, 6) is -0.255. The van der Waals surface area contributed by atoms with Gasteiger partial charge in [-0.05, 0) is 34.1 Å². The molecule has 0 saturated heterocycles. The summed E-state index contributed by atoms with van der Waals surface area (Å²) in [7, 11) is 1.22. The van der Waals surface area contributed by atoms with Crippen LogP contribution in [0.15, 0.2) is 26.9 Å². The Bertz CT molecular complexity index is 348. The van der Waals surface area contributed by atoms with Gasteiger partial charge < -0.3 is 14.9 Å². The predicted molar refractivity (Wildman–Crippen MR) is 50.7 cm³/mol. The molecule has 0 saturated carbocycles.